The third-order valence-corrected chi connectivity index (χ3v) is 13.4. The Labute approximate surface area is 339 Å². The van der Waals surface area contributed by atoms with E-state index in [1.54, 1.807) is 17.7 Å². The van der Waals surface area contributed by atoms with Gasteiger partial charge in [0, 0.05) is 76.4 Å². The predicted molar refractivity (Wildman–Crippen MR) is 222 cm³/mol. The molecule has 1 atom stereocenters. The third kappa shape index (κ3) is 7.76. The van der Waals surface area contributed by atoms with Gasteiger partial charge in [-0.05, 0) is 99.3 Å². The quantitative estimate of drug-likeness (QED) is 0.170. The molecule has 4 aliphatic heterocycles. The number of benzene rings is 1. The van der Waals surface area contributed by atoms with Crippen LogP contribution in [0.4, 0.5) is 17.5 Å². The molecule has 304 valence electrons. The van der Waals surface area contributed by atoms with Crippen molar-refractivity contribution in [3.8, 4) is 0 Å². The van der Waals surface area contributed by atoms with Crippen LogP contribution in [-0.4, -0.2) is 110 Å². The maximum atomic E-state index is 13.6. The first-order valence-corrected chi connectivity index (χ1v) is 21.2. The number of carbonyl (C=O) groups excluding carboxylic acids is 3. The van der Waals surface area contributed by atoms with E-state index in [4.69, 9.17) is 9.97 Å². The first-order chi connectivity index (χ1) is 28.2. The number of anilines is 3. The summed E-state index contributed by atoms with van der Waals surface area (Å²) in [6, 6.07) is 10.8. The number of nitrogens with one attached hydrogen (secondary N) is 2. The van der Waals surface area contributed by atoms with Crippen LogP contribution in [0.15, 0.2) is 47.5 Å². The molecule has 58 heavy (non-hydrogen) atoms. The van der Waals surface area contributed by atoms with Gasteiger partial charge in [-0.1, -0.05) is 31.0 Å². The summed E-state index contributed by atoms with van der Waals surface area (Å²) in [5, 5.41) is 6.48. The molecule has 2 amide bonds. The SMILES string of the molecule is CC(=O)c1c(C)c2cnc(Nc3ccc(N4CCN(CCN5CCC(c6ccc7c(c6)CN(C6CCC(=O)NC6=O)C7)CC5)CC4)cn3)nc2n(C2CCCC2)c1=O. The zero-order chi connectivity index (χ0) is 39.9. The third-order valence-electron chi connectivity index (χ3n) is 13.4. The second-order valence-electron chi connectivity index (χ2n) is 17.0. The van der Waals surface area contributed by atoms with E-state index in [0.717, 1.165) is 115 Å². The van der Waals surface area contributed by atoms with Gasteiger partial charge in [-0.3, -0.25) is 38.9 Å². The van der Waals surface area contributed by atoms with E-state index in [2.05, 4.69) is 59.5 Å². The summed E-state index contributed by atoms with van der Waals surface area (Å²) >= 11 is 0. The Kier molecular flexibility index (Phi) is 10.8. The Morgan fingerprint density at radius 1 is 0.845 bits per heavy atom. The minimum atomic E-state index is -0.257. The molecule has 0 radical (unpaired) electrons. The molecular formula is C44H54N10O4. The Balaban J connectivity index is 0.741. The molecule has 3 aromatic heterocycles. The van der Waals surface area contributed by atoms with E-state index in [1.807, 2.05) is 12.3 Å². The monoisotopic (exact) mass is 786 g/mol. The molecule has 3 saturated heterocycles. The van der Waals surface area contributed by atoms with Gasteiger partial charge in [0.1, 0.15) is 11.5 Å². The lowest BCUT2D eigenvalue weighted by atomic mass is 9.88. The number of piperidine rings is 2. The summed E-state index contributed by atoms with van der Waals surface area (Å²) in [5.41, 5.74) is 6.31. The van der Waals surface area contributed by atoms with Crippen molar-refractivity contribution in [2.45, 2.75) is 96.3 Å². The molecule has 1 unspecified atom stereocenters. The Morgan fingerprint density at radius 2 is 1.59 bits per heavy atom. The van der Waals surface area contributed by atoms with Crippen LogP contribution in [0.2, 0.25) is 0 Å². The van der Waals surface area contributed by atoms with Crippen LogP contribution in [0, 0.1) is 6.92 Å². The van der Waals surface area contributed by atoms with Crippen molar-refractivity contribution in [3.05, 3.63) is 80.9 Å². The van der Waals surface area contributed by atoms with Gasteiger partial charge in [-0.25, -0.2) is 9.97 Å². The number of carbonyl (C=O) groups is 3. The smallest absolute Gasteiger partial charge is 0.263 e. The molecule has 14 heteroatoms. The van der Waals surface area contributed by atoms with Gasteiger partial charge in [-0.2, -0.15) is 4.98 Å². The average Bonchev–Trinajstić information content (AvgIpc) is 3.91. The Morgan fingerprint density at radius 3 is 2.29 bits per heavy atom. The van der Waals surface area contributed by atoms with Crippen LogP contribution in [0.5, 0.6) is 0 Å². The van der Waals surface area contributed by atoms with Gasteiger partial charge in [0.25, 0.3) is 5.56 Å². The van der Waals surface area contributed by atoms with Crippen molar-refractivity contribution in [2.75, 3.05) is 62.6 Å². The number of hydrogen-bond acceptors (Lipinski definition) is 12. The van der Waals surface area contributed by atoms with E-state index in [9.17, 15) is 19.2 Å². The fourth-order valence-corrected chi connectivity index (χ4v) is 10.0. The summed E-state index contributed by atoms with van der Waals surface area (Å²) in [7, 11) is 0. The molecule has 4 aromatic rings. The number of likely N-dealkylation sites (tertiary alicyclic amines) is 1. The lowest BCUT2D eigenvalue weighted by Gasteiger charge is -2.38. The van der Waals surface area contributed by atoms with Crippen LogP contribution >= 0.6 is 0 Å². The van der Waals surface area contributed by atoms with Crippen molar-refractivity contribution >= 4 is 46.1 Å². The lowest BCUT2D eigenvalue weighted by molar-refractivity contribution is -0.137. The maximum absolute atomic E-state index is 13.6. The maximum Gasteiger partial charge on any atom is 0.263 e. The number of imide groups is 1. The van der Waals surface area contributed by atoms with Crippen LogP contribution < -0.4 is 21.1 Å². The van der Waals surface area contributed by atoms with Gasteiger partial charge in [0.05, 0.1) is 23.5 Å². The fraction of sp³-hybridized carbons (Fsp3) is 0.523. The number of amides is 2. The minimum Gasteiger partial charge on any atom is -0.368 e. The number of aromatic nitrogens is 4. The number of piperazine rings is 1. The Bertz CT molecular complexity index is 2270. The van der Waals surface area contributed by atoms with Gasteiger partial charge in [-0.15, -0.1) is 0 Å². The van der Waals surface area contributed by atoms with Crippen LogP contribution in [0.3, 0.4) is 0 Å². The topological polar surface area (TPSA) is 149 Å². The highest BCUT2D eigenvalue weighted by Gasteiger charge is 2.35. The second kappa shape index (κ2) is 16.3. The number of pyridine rings is 2. The van der Waals surface area contributed by atoms with E-state index in [0.29, 0.717) is 41.7 Å². The molecule has 9 rings (SSSR count). The molecule has 0 bridgehead atoms. The normalized spacial score (nSPS) is 21.5. The number of nitrogens with zero attached hydrogens (tertiary/aromatic N) is 8. The van der Waals surface area contributed by atoms with Crippen LogP contribution in [-0.2, 0) is 22.7 Å². The van der Waals surface area contributed by atoms with Crippen molar-refractivity contribution in [1.82, 2.24) is 39.5 Å². The van der Waals surface area contributed by atoms with Crippen molar-refractivity contribution in [3.63, 3.8) is 0 Å². The molecule has 1 aliphatic carbocycles. The molecule has 0 spiro atoms. The number of hydrogen-bond donors (Lipinski definition) is 2. The zero-order valence-corrected chi connectivity index (χ0v) is 33.7. The van der Waals surface area contributed by atoms with E-state index in [1.165, 1.54) is 23.6 Å². The number of rotatable bonds is 10. The molecule has 1 saturated carbocycles. The highest BCUT2D eigenvalue weighted by Crippen LogP contribution is 2.35. The summed E-state index contributed by atoms with van der Waals surface area (Å²) in [5.74, 6) is 1.03. The molecule has 14 nitrogen and oxygen atoms in total. The number of ketones is 1. The number of fused-ring (bicyclic) bond motifs is 2. The standard InChI is InChI=1S/C44H54N10O4/c1-28-36-25-46-44(49-41(36)54(34-5-3-4-6-34)43(58)40(28)29(2)55)47-38-11-9-35(24-45-38)52-21-19-51(20-22-52)18-17-50-15-13-30(14-16-50)31-7-8-32-26-53(27-33(32)23-31)37-10-12-39(56)48-42(37)57/h7-9,11,23-25,30,34,37H,3-6,10,12-22,26-27H2,1-2H3,(H,48,56,57)(H,45,46,47,49). The summed E-state index contributed by atoms with van der Waals surface area (Å²) in [4.78, 5) is 74.0. The van der Waals surface area contributed by atoms with Gasteiger partial charge in [0.2, 0.25) is 17.8 Å². The van der Waals surface area contributed by atoms with Crippen molar-refractivity contribution < 1.29 is 14.4 Å². The van der Waals surface area contributed by atoms with Gasteiger partial charge >= 0.3 is 0 Å². The molecule has 1 aromatic carbocycles. The highest BCUT2D eigenvalue weighted by atomic mass is 16.2. The predicted octanol–water partition coefficient (Wildman–Crippen LogP) is 4.68. The molecule has 7 heterocycles. The molecule has 2 N–H and O–H groups in total. The van der Waals surface area contributed by atoms with Crippen LogP contribution in [0.25, 0.3) is 11.0 Å². The van der Waals surface area contributed by atoms with E-state index in [-0.39, 0.29) is 40.8 Å². The van der Waals surface area contributed by atoms with Crippen LogP contribution in [0.1, 0.15) is 103 Å². The first-order valence-electron chi connectivity index (χ1n) is 21.2. The zero-order valence-electron chi connectivity index (χ0n) is 33.7. The molecular weight excluding hydrogens is 733 g/mol. The minimum absolute atomic E-state index is 0.0266. The lowest BCUT2D eigenvalue weighted by Crippen LogP contribution is -2.50. The number of Topliss-reactive ketones (excluding diaryl/α,β-unsaturated/α-hetero) is 1. The first kappa shape index (κ1) is 38.5. The second-order valence-corrected chi connectivity index (χ2v) is 17.0. The summed E-state index contributed by atoms with van der Waals surface area (Å²) in [6.07, 6.45) is 10.9. The molecule has 4 fully saturated rings. The largest absolute Gasteiger partial charge is 0.368 e. The van der Waals surface area contributed by atoms with Gasteiger partial charge in [0.15, 0.2) is 5.78 Å². The summed E-state index contributed by atoms with van der Waals surface area (Å²) < 4.78 is 1.73. The fourth-order valence-electron chi connectivity index (χ4n) is 10.0. The van der Waals surface area contributed by atoms with Crippen molar-refractivity contribution in [2.24, 2.45) is 0 Å². The van der Waals surface area contributed by atoms with E-state index >= 15 is 0 Å². The number of aryl methyl sites for hydroxylation is 1. The average molecular weight is 787 g/mol. The summed E-state index contributed by atoms with van der Waals surface area (Å²) in [6.45, 7) is 13.1. The Hall–Kier alpha value is -5.05. The van der Waals surface area contributed by atoms with Crippen molar-refractivity contribution in [1.29, 1.82) is 0 Å². The highest BCUT2D eigenvalue weighted by molar-refractivity contribution is 6.00. The van der Waals surface area contributed by atoms with E-state index < -0.39 is 0 Å². The van der Waals surface area contributed by atoms with Gasteiger partial charge < -0.3 is 15.1 Å². The molecule has 5 aliphatic rings.